The van der Waals surface area contributed by atoms with Crippen LogP contribution in [0.1, 0.15) is 16.7 Å². The van der Waals surface area contributed by atoms with Crippen LogP contribution in [0, 0.1) is 26.6 Å². The molecule has 2 rings (SSSR count). The molecule has 2 aromatic carbocycles. The van der Waals surface area contributed by atoms with Crippen LogP contribution in [0.3, 0.4) is 0 Å². The first-order valence-electron chi connectivity index (χ1n) is 6.26. The molecule has 0 fully saturated rings. The Hall–Kier alpha value is -1.59. The van der Waals surface area contributed by atoms with Crippen molar-refractivity contribution in [2.24, 2.45) is 0 Å². The molecule has 0 aliphatic carbocycles. The minimum Gasteiger partial charge on any atom is -0.279 e. The van der Waals surface area contributed by atoms with Crippen molar-refractivity contribution >= 4 is 27.3 Å². The largest absolute Gasteiger partial charge is 0.279 e. The van der Waals surface area contributed by atoms with Gasteiger partial charge in [0, 0.05) is 5.02 Å². The SMILES string of the molecule is Cc1ccc(Cl)cc1NS(=O)(=O)c1c(C)cc(F)cc1C. The van der Waals surface area contributed by atoms with Gasteiger partial charge in [0.1, 0.15) is 5.82 Å². The second kappa shape index (κ2) is 5.66. The molecule has 2 aromatic rings. The number of halogens is 2. The molecule has 0 atom stereocenters. The van der Waals surface area contributed by atoms with Crippen molar-refractivity contribution < 1.29 is 12.8 Å². The Kier molecular flexibility index (Phi) is 4.25. The average Bonchev–Trinajstić information content (AvgIpc) is 2.31. The van der Waals surface area contributed by atoms with E-state index in [-0.39, 0.29) is 4.90 Å². The lowest BCUT2D eigenvalue weighted by atomic mass is 10.1. The third-order valence-electron chi connectivity index (χ3n) is 3.14. The summed E-state index contributed by atoms with van der Waals surface area (Å²) in [6.07, 6.45) is 0. The quantitative estimate of drug-likeness (QED) is 0.918. The van der Waals surface area contributed by atoms with Gasteiger partial charge in [-0.15, -0.1) is 0 Å². The smallest absolute Gasteiger partial charge is 0.262 e. The summed E-state index contributed by atoms with van der Waals surface area (Å²) < 4.78 is 40.9. The van der Waals surface area contributed by atoms with E-state index in [2.05, 4.69) is 4.72 Å². The first kappa shape index (κ1) is 15.8. The van der Waals surface area contributed by atoms with Crippen LogP contribution in [-0.2, 0) is 10.0 Å². The number of aryl methyl sites for hydroxylation is 3. The van der Waals surface area contributed by atoms with Gasteiger partial charge in [-0.05, 0) is 61.7 Å². The van der Waals surface area contributed by atoms with Crippen molar-refractivity contribution in [1.82, 2.24) is 0 Å². The minimum absolute atomic E-state index is 0.0864. The normalized spacial score (nSPS) is 11.5. The van der Waals surface area contributed by atoms with E-state index in [1.807, 2.05) is 0 Å². The lowest BCUT2D eigenvalue weighted by molar-refractivity contribution is 0.597. The molecule has 0 spiro atoms. The third kappa shape index (κ3) is 3.36. The standard InChI is InChI=1S/C15H15ClFNO2S/c1-9-4-5-12(16)8-14(9)18-21(19,20)15-10(2)6-13(17)7-11(15)3/h4-8,18H,1-3H3. The molecule has 1 N–H and O–H groups in total. The summed E-state index contributed by atoms with van der Waals surface area (Å²) in [4.78, 5) is 0.0864. The van der Waals surface area contributed by atoms with Gasteiger partial charge in [0.2, 0.25) is 0 Å². The number of benzene rings is 2. The van der Waals surface area contributed by atoms with E-state index in [1.165, 1.54) is 12.1 Å². The Bertz CT molecular complexity index is 780. The number of anilines is 1. The molecule has 112 valence electrons. The monoisotopic (exact) mass is 327 g/mol. The molecule has 21 heavy (non-hydrogen) atoms. The minimum atomic E-state index is -3.81. The molecule has 0 aromatic heterocycles. The number of rotatable bonds is 3. The summed E-state index contributed by atoms with van der Waals surface area (Å²) in [5, 5.41) is 0.436. The summed E-state index contributed by atoms with van der Waals surface area (Å²) in [5.41, 5.74) is 1.88. The van der Waals surface area contributed by atoms with Crippen LogP contribution < -0.4 is 4.72 Å². The van der Waals surface area contributed by atoms with E-state index in [0.717, 1.165) is 5.56 Å². The Morgan fingerprint density at radius 3 is 2.14 bits per heavy atom. The van der Waals surface area contributed by atoms with Crippen molar-refractivity contribution in [2.45, 2.75) is 25.7 Å². The van der Waals surface area contributed by atoms with Gasteiger partial charge in [-0.1, -0.05) is 17.7 Å². The molecule has 0 unspecified atom stereocenters. The van der Waals surface area contributed by atoms with E-state index in [9.17, 15) is 12.8 Å². The average molecular weight is 328 g/mol. The van der Waals surface area contributed by atoms with Gasteiger partial charge in [0.15, 0.2) is 0 Å². The number of nitrogens with one attached hydrogen (secondary N) is 1. The highest BCUT2D eigenvalue weighted by molar-refractivity contribution is 7.92. The first-order valence-corrected chi connectivity index (χ1v) is 8.12. The van der Waals surface area contributed by atoms with Gasteiger partial charge in [0.05, 0.1) is 10.6 Å². The van der Waals surface area contributed by atoms with E-state index in [1.54, 1.807) is 39.0 Å². The lowest BCUT2D eigenvalue weighted by Gasteiger charge is -2.14. The number of hydrogen-bond acceptors (Lipinski definition) is 2. The summed E-state index contributed by atoms with van der Waals surface area (Å²) in [5.74, 6) is -0.456. The van der Waals surface area contributed by atoms with Gasteiger partial charge in [-0.2, -0.15) is 0 Å². The maximum atomic E-state index is 13.3. The molecule has 0 bridgehead atoms. The van der Waals surface area contributed by atoms with Crippen LogP contribution in [0.15, 0.2) is 35.2 Å². The number of hydrogen-bond donors (Lipinski definition) is 1. The zero-order valence-corrected chi connectivity index (χ0v) is 13.4. The predicted octanol–water partition coefficient (Wildman–Crippen LogP) is 4.21. The van der Waals surface area contributed by atoms with Crippen molar-refractivity contribution in [3.8, 4) is 0 Å². The summed E-state index contributed by atoms with van der Waals surface area (Å²) in [6, 6.07) is 7.36. The van der Waals surface area contributed by atoms with Crippen molar-refractivity contribution in [3.05, 3.63) is 57.9 Å². The Morgan fingerprint density at radius 2 is 1.57 bits per heavy atom. The van der Waals surface area contributed by atoms with Gasteiger partial charge in [0.25, 0.3) is 10.0 Å². The molecular weight excluding hydrogens is 313 g/mol. The molecule has 0 saturated carbocycles. The Labute approximate surface area is 128 Å². The summed E-state index contributed by atoms with van der Waals surface area (Å²) in [7, 11) is -3.81. The van der Waals surface area contributed by atoms with Crippen molar-refractivity contribution in [2.75, 3.05) is 4.72 Å². The van der Waals surface area contributed by atoms with Crippen molar-refractivity contribution in [1.29, 1.82) is 0 Å². The molecule has 0 radical (unpaired) electrons. The second-order valence-corrected chi connectivity index (χ2v) is 6.99. The number of sulfonamides is 1. The molecular formula is C15H15ClFNO2S. The van der Waals surface area contributed by atoms with E-state index < -0.39 is 15.8 Å². The molecule has 0 aliphatic rings. The maximum absolute atomic E-state index is 13.3. The lowest BCUT2D eigenvalue weighted by Crippen LogP contribution is -2.16. The van der Waals surface area contributed by atoms with Gasteiger partial charge in [-0.25, -0.2) is 12.8 Å². The van der Waals surface area contributed by atoms with Crippen LogP contribution >= 0.6 is 11.6 Å². The zero-order valence-electron chi connectivity index (χ0n) is 11.9. The molecule has 0 heterocycles. The highest BCUT2D eigenvalue weighted by atomic mass is 35.5. The van der Waals surface area contributed by atoms with Crippen LogP contribution in [0.4, 0.5) is 10.1 Å². The van der Waals surface area contributed by atoms with Gasteiger partial charge < -0.3 is 0 Å². The highest BCUT2D eigenvalue weighted by Crippen LogP contribution is 2.27. The molecule has 6 heteroatoms. The van der Waals surface area contributed by atoms with Gasteiger partial charge in [-0.3, -0.25) is 4.72 Å². The fourth-order valence-corrected chi connectivity index (χ4v) is 3.97. The van der Waals surface area contributed by atoms with Crippen LogP contribution in [0.2, 0.25) is 5.02 Å². The summed E-state index contributed by atoms with van der Waals surface area (Å²) >= 11 is 5.89. The second-order valence-electron chi connectivity index (χ2n) is 4.93. The van der Waals surface area contributed by atoms with Crippen LogP contribution in [0.25, 0.3) is 0 Å². The van der Waals surface area contributed by atoms with E-state index >= 15 is 0 Å². The third-order valence-corrected chi connectivity index (χ3v) is 5.04. The topological polar surface area (TPSA) is 46.2 Å². The zero-order chi connectivity index (χ0) is 15.8. The predicted molar refractivity (Wildman–Crippen MR) is 82.9 cm³/mol. The van der Waals surface area contributed by atoms with Crippen molar-refractivity contribution in [3.63, 3.8) is 0 Å². The Balaban J connectivity index is 2.51. The molecule has 0 aliphatic heterocycles. The Morgan fingerprint density at radius 1 is 1.00 bits per heavy atom. The fourth-order valence-electron chi connectivity index (χ4n) is 2.22. The van der Waals surface area contributed by atoms with E-state index in [0.29, 0.717) is 21.8 Å². The first-order chi connectivity index (χ1) is 9.70. The van der Waals surface area contributed by atoms with E-state index in [4.69, 9.17) is 11.6 Å². The maximum Gasteiger partial charge on any atom is 0.262 e. The fraction of sp³-hybridized carbons (Fsp3) is 0.200. The highest BCUT2D eigenvalue weighted by Gasteiger charge is 2.21. The molecule has 3 nitrogen and oxygen atoms in total. The summed E-state index contributed by atoms with van der Waals surface area (Å²) in [6.45, 7) is 4.91. The molecule has 0 amide bonds. The van der Waals surface area contributed by atoms with Crippen LogP contribution in [0.5, 0.6) is 0 Å². The molecule has 0 saturated heterocycles. The van der Waals surface area contributed by atoms with Gasteiger partial charge >= 0.3 is 0 Å². The van der Waals surface area contributed by atoms with Crippen LogP contribution in [-0.4, -0.2) is 8.42 Å².